The second kappa shape index (κ2) is 6.86. The molecule has 1 heterocycles. The van der Waals surface area contributed by atoms with Gasteiger partial charge in [-0.25, -0.2) is 9.97 Å². The van der Waals surface area contributed by atoms with Crippen molar-refractivity contribution in [3.8, 4) is 5.75 Å². The summed E-state index contributed by atoms with van der Waals surface area (Å²) in [5.41, 5.74) is 1.11. The number of aromatic nitrogens is 2. The number of carbonyl (C=O) groups excluding carboxylic acids is 1. The molecule has 0 fully saturated rings. The zero-order valence-electron chi connectivity index (χ0n) is 11.0. The van der Waals surface area contributed by atoms with Crippen LogP contribution in [0.5, 0.6) is 5.75 Å². The van der Waals surface area contributed by atoms with Crippen molar-refractivity contribution >= 4 is 23.5 Å². The molecule has 2 aromatic rings. The Morgan fingerprint density at radius 2 is 2.25 bits per heavy atom. The van der Waals surface area contributed by atoms with Gasteiger partial charge in [-0.3, -0.25) is 10.1 Å². The molecular formula is C14H14ClN3O2. The maximum atomic E-state index is 11.7. The fraction of sp³-hybridized carbons (Fsp3) is 0.214. The van der Waals surface area contributed by atoms with Crippen molar-refractivity contribution < 1.29 is 9.53 Å². The summed E-state index contributed by atoms with van der Waals surface area (Å²) in [7, 11) is 0. The molecule has 0 aliphatic rings. The summed E-state index contributed by atoms with van der Waals surface area (Å²) >= 11 is 5.70. The first kappa shape index (κ1) is 14.3. The van der Waals surface area contributed by atoms with E-state index >= 15 is 0 Å². The highest BCUT2D eigenvalue weighted by atomic mass is 35.5. The molecule has 0 spiro atoms. The minimum Gasteiger partial charge on any atom is -0.493 e. The van der Waals surface area contributed by atoms with Crippen molar-refractivity contribution in [1.82, 2.24) is 9.97 Å². The van der Waals surface area contributed by atoms with Crippen molar-refractivity contribution in [2.24, 2.45) is 0 Å². The van der Waals surface area contributed by atoms with Gasteiger partial charge in [0.05, 0.1) is 13.0 Å². The van der Waals surface area contributed by atoms with Crippen molar-refractivity contribution in [3.05, 3.63) is 47.2 Å². The third-order valence-corrected chi connectivity index (χ3v) is 2.67. The highest BCUT2D eigenvalue weighted by Crippen LogP contribution is 2.12. The topological polar surface area (TPSA) is 64.1 Å². The average Bonchev–Trinajstić information content (AvgIpc) is 2.38. The predicted octanol–water partition coefficient (Wildman–Crippen LogP) is 2.85. The lowest BCUT2D eigenvalue weighted by Gasteiger charge is -2.07. The van der Waals surface area contributed by atoms with E-state index in [0.29, 0.717) is 0 Å². The number of nitrogens with one attached hydrogen (secondary N) is 1. The van der Waals surface area contributed by atoms with Gasteiger partial charge < -0.3 is 4.74 Å². The van der Waals surface area contributed by atoms with Crippen molar-refractivity contribution in [2.45, 2.75) is 13.3 Å². The molecule has 0 saturated heterocycles. The number of ether oxygens (including phenoxy) is 1. The SMILES string of the molecule is Cc1cccc(OCCC(=O)Nc2nccc(Cl)n2)c1. The minimum atomic E-state index is -0.222. The Kier molecular flexibility index (Phi) is 4.90. The van der Waals surface area contributed by atoms with E-state index in [1.807, 2.05) is 31.2 Å². The van der Waals surface area contributed by atoms with Gasteiger partial charge >= 0.3 is 0 Å². The summed E-state index contributed by atoms with van der Waals surface area (Å²) < 4.78 is 5.49. The number of rotatable bonds is 5. The van der Waals surface area contributed by atoms with Gasteiger partial charge in [-0.2, -0.15) is 0 Å². The number of hydrogen-bond donors (Lipinski definition) is 1. The van der Waals surface area contributed by atoms with Gasteiger partial charge in [0, 0.05) is 6.20 Å². The molecule has 0 saturated carbocycles. The Balaban J connectivity index is 1.78. The van der Waals surface area contributed by atoms with Crippen LogP contribution in [0.3, 0.4) is 0 Å². The number of amides is 1. The van der Waals surface area contributed by atoms with E-state index in [9.17, 15) is 4.79 Å². The zero-order valence-corrected chi connectivity index (χ0v) is 11.7. The third-order valence-electron chi connectivity index (χ3n) is 2.46. The first-order chi connectivity index (χ1) is 9.63. The molecular weight excluding hydrogens is 278 g/mol. The number of carbonyl (C=O) groups is 1. The first-order valence-electron chi connectivity index (χ1n) is 6.11. The molecule has 0 aliphatic carbocycles. The highest BCUT2D eigenvalue weighted by Gasteiger charge is 2.05. The maximum Gasteiger partial charge on any atom is 0.230 e. The van der Waals surface area contributed by atoms with Gasteiger partial charge in [0.15, 0.2) is 0 Å². The van der Waals surface area contributed by atoms with Crippen LogP contribution in [-0.2, 0) is 4.79 Å². The standard InChI is InChI=1S/C14H14ClN3O2/c1-10-3-2-4-11(9-10)20-8-6-13(19)18-14-16-7-5-12(15)17-14/h2-5,7,9H,6,8H2,1H3,(H,16,17,18,19). The predicted molar refractivity (Wildman–Crippen MR) is 77.0 cm³/mol. The van der Waals surface area contributed by atoms with Gasteiger partial charge in [-0.15, -0.1) is 0 Å². The number of aryl methyl sites for hydroxylation is 1. The van der Waals surface area contributed by atoms with Crippen molar-refractivity contribution in [1.29, 1.82) is 0 Å². The molecule has 1 amide bonds. The van der Waals surface area contributed by atoms with E-state index in [1.54, 1.807) is 0 Å². The average molecular weight is 292 g/mol. The van der Waals surface area contributed by atoms with Gasteiger partial charge in [0.1, 0.15) is 10.9 Å². The summed E-state index contributed by atoms with van der Waals surface area (Å²) in [4.78, 5) is 19.4. The lowest BCUT2D eigenvalue weighted by Crippen LogP contribution is -2.16. The Morgan fingerprint density at radius 1 is 1.40 bits per heavy atom. The largest absolute Gasteiger partial charge is 0.493 e. The molecule has 0 radical (unpaired) electrons. The monoisotopic (exact) mass is 291 g/mol. The number of benzene rings is 1. The highest BCUT2D eigenvalue weighted by molar-refractivity contribution is 6.29. The second-order valence-corrected chi connectivity index (χ2v) is 4.55. The van der Waals surface area contributed by atoms with Gasteiger partial charge in [-0.05, 0) is 30.7 Å². The molecule has 2 rings (SSSR count). The van der Waals surface area contributed by atoms with Crippen LogP contribution in [0, 0.1) is 6.92 Å². The van der Waals surface area contributed by atoms with Crippen LogP contribution in [0.1, 0.15) is 12.0 Å². The van der Waals surface area contributed by atoms with E-state index in [1.165, 1.54) is 12.3 Å². The maximum absolute atomic E-state index is 11.7. The van der Waals surface area contributed by atoms with Gasteiger partial charge in [0.25, 0.3) is 0 Å². The van der Waals surface area contributed by atoms with Crippen LogP contribution in [-0.4, -0.2) is 22.5 Å². The lowest BCUT2D eigenvalue weighted by molar-refractivity contribution is -0.116. The van der Waals surface area contributed by atoms with Crippen LogP contribution < -0.4 is 10.1 Å². The van der Waals surface area contributed by atoms with E-state index in [0.717, 1.165) is 11.3 Å². The van der Waals surface area contributed by atoms with E-state index in [4.69, 9.17) is 16.3 Å². The molecule has 0 bridgehead atoms. The Hall–Kier alpha value is -2.14. The lowest BCUT2D eigenvalue weighted by atomic mass is 10.2. The van der Waals surface area contributed by atoms with Crippen molar-refractivity contribution in [3.63, 3.8) is 0 Å². The summed E-state index contributed by atoms with van der Waals surface area (Å²) in [6, 6.07) is 9.20. The Morgan fingerprint density at radius 3 is 3.00 bits per heavy atom. The van der Waals surface area contributed by atoms with Gasteiger partial charge in [-0.1, -0.05) is 23.7 Å². The first-order valence-corrected chi connectivity index (χ1v) is 6.49. The molecule has 1 aromatic carbocycles. The molecule has 0 atom stereocenters. The molecule has 0 aliphatic heterocycles. The second-order valence-electron chi connectivity index (χ2n) is 4.17. The summed E-state index contributed by atoms with van der Waals surface area (Å²) in [5.74, 6) is 0.717. The molecule has 5 nitrogen and oxygen atoms in total. The molecule has 0 unspecified atom stereocenters. The summed E-state index contributed by atoms with van der Waals surface area (Å²) in [6.07, 6.45) is 1.69. The third kappa shape index (κ3) is 4.51. The number of anilines is 1. The fourth-order valence-corrected chi connectivity index (χ4v) is 1.69. The Labute approximate surface area is 122 Å². The van der Waals surface area contributed by atoms with Crippen LogP contribution in [0.2, 0.25) is 5.15 Å². The normalized spacial score (nSPS) is 10.1. The van der Waals surface area contributed by atoms with Crippen molar-refractivity contribution in [2.75, 3.05) is 11.9 Å². The summed E-state index contributed by atoms with van der Waals surface area (Å²) in [5, 5.41) is 2.84. The quantitative estimate of drug-likeness (QED) is 0.860. The minimum absolute atomic E-state index is 0.193. The molecule has 6 heteroatoms. The smallest absolute Gasteiger partial charge is 0.230 e. The number of nitrogens with zero attached hydrogens (tertiary/aromatic N) is 2. The van der Waals surface area contributed by atoms with Crippen LogP contribution in [0.25, 0.3) is 0 Å². The molecule has 104 valence electrons. The zero-order chi connectivity index (χ0) is 14.4. The molecule has 20 heavy (non-hydrogen) atoms. The van der Waals surface area contributed by atoms with Crippen LogP contribution >= 0.6 is 11.6 Å². The van der Waals surface area contributed by atoms with E-state index in [-0.39, 0.29) is 30.0 Å². The number of halogens is 1. The Bertz CT molecular complexity index is 604. The molecule has 1 N–H and O–H groups in total. The summed E-state index contributed by atoms with van der Waals surface area (Å²) in [6.45, 7) is 2.27. The van der Waals surface area contributed by atoms with Crippen LogP contribution in [0.4, 0.5) is 5.95 Å². The van der Waals surface area contributed by atoms with E-state index < -0.39 is 0 Å². The molecule has 1 aromatic heterocycles. The van der Waals surface area contributed by atoms with E-state index in [2.05, 4.69) is 15.3 Å². The van der Waals surface area contributed by atoms with Gasteiger partial charge in [0.2, 0.25) is 11.9 Å². The number of hydrogen-bond acceptors (Lipinski definition) is 4. The van der Waals surface area contributed by atoms with Crippen LogP contribution in [0.15, 0.2) is 36.5 Å². The fourth-order valence-electron chi connectivity index (χ4n) is 1.55.